The Hall–Kier alpha value is -3.19. The first kappa shape index (κ1) is 16.9. The summed E-state index contributed by atoms with van der Waals surface area (Å²) >= 11 is 0. The Morgan fingerprint density at radius 3 is 2.79 bits per heavy atom. The number of aliphatic hydroxyl groups is 1. The van der Waals surface area contributed by atoms with Crippen molar-refractivity contribution in [1.82, 2.24) is 24.1 Å². The number of hydrogen-bond donors (Lipinski definition) is 1. The van der Waals surface area contributed by atoms with E-state index in [-0.39, 0.29) is 6.10 Å². The molecule has 4 aromatic rings. The van der Waals surface area contributed by atoms with Crippen molar-refractivity contribution < 1.29 is 5.11 Å². The first-order valence-corrected chi connectivity index (χ1v) is 9.49. The van der Waals surface area contributed by atoms with E-state index >= 15 is 0 Å². The van der Waals surface area contributed by atoms with E-state index in [4.69, 9.17) is 0 Å². The monoisotopic (exact) mass is 374 g/mol. The van der Waals surface area contributed by atoms with E-state index < -0.39 is 0 Å². The van der Waals surface area contributed by atoms with E-state index in [9.17, 15) is 5.11 Å². The minimum atomic E-state index is -0.297. The molecule has 1 fully saturated rings. The molecule has 0 bridgehead atoms. The van der Waals surface area contributed by atoms with E-state index in [1.807, 2.05) is 30.1 Å². The topological polar surface area (TPSA) is 71.5 Å². The number of fused-ring (bicyclic) bond motifs is 1. The number of rotatable bonds is 3. The molecule has 0 amide bonds. The number of hydrogen-bond acceptors (Lipinski definition) is 5. The van der Waals surface area contributed by atoms with Crippen molar-refractivity contribution in [2.75, 3.05) is 18.0 Å². The molecule has 1 unspecified atom stereocenters. The number of imidazole rings is 1. The average Bonchev–Trinajstić information content (AvgIpc) is 3.40. The van der Waals surface area contributed by atoms with Crippen LogP contribution in [0.15, 0.2) is 48.9 Å². The Morgan fingerprint density at radius 2 is 2.04 bits per heavy atom. The molecule has 1 aliphatic heterocycles. The Morgan fingerprint density at radius 1 is 1.14 bits per heavy atom. The Labute approximate surface area is 162 Å². The van der Waals surface area contributed by atoms with Gasteiger partial charge in [0.1, 0.15) is 0 Å². The number of aromatic nitrogens is 5. The second-order valence-electron chi connectivity index (χ2n) is 7.37. The van der Waals surface area contributed by atoms with Gasteiger partial charge in [-0.3, -0.25) is 4.40 Å². The quantitative estimate of drug-likeness (QED) is 0.597. The molecule has 3 aromatic heterocycles. The number of anilines is 1. The lowest BCUT2D eigenvalue weighted by Gasteiger charge is -2.17. The van der Waals surface area contributed by atoms with Gasteiger partial charge in [0.2, 0.25) is 0 Å². The van der Waals surface area contributed by atoms with Crippen LogP contribution in [-0.2, 0) is 0 Å². The SMILES string of the molecule is Cc1cc(C)n(-c2cccc(-c3cnc4c(N5CCC(O)C5)nccn34)c2)n1. The molecular formula is C21H22N6O. The molecule has 1 atom stereocenters. The van der Waals surface area contributed by atoms with Crippen LogP contribution in [0, 0.1) is 13.8 Å². The number of β-amino-alcohol motifs (C(OH)–C–C–N with tert-alkyl or cyclic N) is 1. The number of nitrogens with zero attached hydrogens (tertiary/aromatic N) is 6. The van der Waals surface area contributed by atoms with Crippen molar-refractivity contribution in [2.45, 2.75) is 26.4 Å². The molecule has 7 heteroatoms. The van der Waals surface area contributed by atoms with Gasteiger partial charge in [-0.25, -0.2) is 14.6 Å². The van der Waals surface area contributed by atoms with Crippen LogP contribution in [0.2, 0.25) is 0 Å². The maximum absolute atomic E-state index is 9.87. The summed E-state index contributed by atoms with van der Waals surface area (Å²) in [6.07, 6.45) is 6.08. The molecule has 4 heterocycles. The van der Waals surface area contributed by atoms with Gasteiger partial charge in [-0.2, -0.15) is 5.10 Å². The second-order valence-corrected chi connectivity index (χ2v) is 7.37. The minimum Gasteiger partial charge on any atom is -0.391 e. The fourth-order valence-corrected chi connectivity index (χ4v) is 3.96. The van der Waals surface area contributed by atoms with Gasteiger partial charge in [-0.15, -0.1) is 0 Å². The molecule has 7 nitrogen and oxygen atoms in total. The fourth-order valence-electron chi connectivity index (χ4n) is 3.96. The Bertz CT molecular complexity index is 1160. The molecule has 5 rings (SSSR count). The zero-order chi connectivity index (χ0) is 19.3. The molecule has 0 spiro atoms. The van der Waals surface area contributed by atoms with E-state index in [0.717, 1.165) is 52.8 Å². The largest absolute Gasteiger partial charge is 0.391 e. The van der Waals surface area contributed by atoms with Crippen LogP contribution in [0.5, 0.6) is 0 Å². The summed E-state index contributed by atoms with van der Waals surface area (Å²) in [6, 6.07) is 10.4. The molecule has 1 aromatic carbocycles. The summed E-state index contributed by atoms with van der Waals surface area (Å²) < 4.78 is 4.02. The van der Waals surface area contributed by atoms with Gasteiger partial charge in [0.15, 0.2) is 11.5 Å². The summed E-state index contributed by atoms with van der Waals surface area (Å²) in [5, 5.41) is 14.5. The third-order valence-corrected chi connectivity index (χ3v) is 5.27. The highest BCUT2D eigenvalue weighted by Crippen LogP contribution is 2.28. The van der Waals surface area contributed by atoms with Crippen molar-refractivity contribution >= 4 is 11.5 Å². The highest BCUT2D eigenvalue weighted by Gasteiger charge is 2.24. The minimum absolute atomic E-state index is 0.297. The third kappa shape index (κ3) is 2.75. The fraction of sp³-hybridized carbons (Fsp3) is 0.286. The lowest BCUT2D eigenvalue weighted by atomic mass is 10.1. The summed E-state index contributed by atoms with van der Waals surface area (Å²) in [5.74, 6) is 0.819. The van der Waals surface area contributed by atoms with Crippen LogP contribution in [0.1, 0.15) is 17.8 Å². The van der Waals surface area contributed by atoms with Crippen LogP contribution in [0.25, 0.3) is 22.6 Å². The first-order valence-electron chi connectivity index (χ1n) is 9.49. The molecule has 1 N–H and O–H groups in total. The van der Waals surface area contributed by atoms with Crippen molar-refractivity contribution in [3.8, 4) is 16.9 Å². The van der Waals surface area contributed by atoms with Crippen molar-refractivity contribution in [3.63, 3.8) is 0 Å². The second kappa shape index (κ2) is 6.45. The standard InChI is InChI=1S/C21H22N6O/c1-14-10-15(2)27(24-14)17-5-3-4-16(11-17)19-12-23-21-20(22-7-9-26(19)21)25-8-6-18(28)13-25/h3-5,7,9-12,18,28H,6,8,13H2,1-2H3. The maximum Gasteiger partial charge on any atom is 0.180 e. The lowest BCUT2D eigenvalue weighted by molar-refractivity contribution is 0.198. The van der Waals surface area contributed by atoms with E-state index in [0.29, 0.717) is 6.54 Å². The Balaban J connectivity index is 1.59. The number of aliphatic hydroxyl groups excluding tert-OH is 1. The van der Waals surface area contributed by atoms with Crippen LogP contribution < -0.4 is 4.90 Å². The first-order chi connectivity index (χ1) is 13.6. The van der Waals surface area contributed by atoms with Gasteiger partial charge in [-0.05, 0) is 38.5 Å². The Kier molecular flexibility index (Phi) is 3.91. The molecular weight excluding hydrogens is 352 g/mol. The molecule has 0 aliphatic carbocycles. The molecule has 1 aliphatic rings. The van der Waals surface area contributed by atoms with Crippen molar-refractivity contribution in [1.29, 1.82) is 0 Å². The third-order valence-electron chi connectivity index (χ3n) is 5.27. The maximum atomic E-state index is 9.87. The molecule has 0 radical (unpaired) electrons. The van der Waals surface area contributed by atoms with Crippen molar-refractivity contribution in [3.05, 3.63) is 60.3 Å². The van der Waals surface area contributed by atoms with Gasteiger partial charge < -0.3 is 10.0 Å². The number of benzene rings is 1. The smallest absolute Gasteiger partial charge is 0.180 e. The highest BCUT2D eigenvalue weighted by atomic mass is 16.3. The van der Waals surface area contributed by atoms with Gasteiger partial charge in [-0.1, -0.05) is 12.1 Å². The molecule has 1 saturated heterocycles. The summed E-state index contributed by atoms with van der Waals surface area (Å²) in [5.41, 5.74) is 6.00. The van der Waals surface area contributed by atoms with E-state index in [1.54, 1.807) is 6.20 Å². The molecule has 142 valence electrons. The van der Waals surface area contributed by atoms with Crippen LogP contribution in [0.3, 0.4) is 0 Å². The average molecular weight is 374 g/mol. The van der Waals surface area contributed by atoms with Gasteiger partial charge in [0.05, 0.1) is 29.4 Å². The summed E-state index contributed by atoms with van der Waals surface area (Å²) in [7, 11) is 0. The van der Waals surface area contributed by atoms with Gasteiger partial charge >= 0.3 is 0 Å². The predicted molar refractivity (Wildman–Crippen MR) is 108 cm³/mol. The number of aryl methyl sites for hydroxylation is 2. The van der Waals surface area contributed by atoms with Gasteiger partial charge in [0.25, 0.3) is 0 Å². The van der Waals surface area contributed by atoms with Crippen molar-refractivity contribution in [2.24, 2.45) is 0 Å². The van der Waals surface area contributed by atoms with Gasteiger partial charge in [0, 0.05) is 36.7 Å². The van der Waals surface area contributed by atoms with Crippen LogP contribution in [0.4, 0.5) is 5.82 Å². The summed E-state index contributed by atoms with van der Waals surface area (Å²) in [6.45, 7) is 5.46. The molecule has 28 heavy (non-hydrogen) atoms. The van der Waals surface area contributed by atoms with E-state index in [2.05, 4.69) is 55.6 Å². The highest BCUT2D eigenvalue weighted by molar-refractivity contribution is 5.72. The normalized spacial score (nSPS) is 17.0. The lowest BCUT2D eigenvalue weighted by Crippen LogP contribution is -2.23. The summed E-state index contributed by atoms with van der Waals surface area (Å²) in [4.78, 5) is 11.3. The van der Waals surface area contributed by atoms with E-state index in [1.165, 1.54) is 0 Å². The zero-order valence-corrected chi connectivity index (χ0v) is 15.9. The predicted octanol–water partition coefficient (Wildman–Crippen LogP) is 2.77. The zero-order valence-electron chi connectivity index (χ0n) is 15.9. The molecule has 0 saturated carbocycles. The van der Waals surface area contributed by atoms with Crippen LogP contribution >= 0.6 is 0 Å². The van der Waals surface area contributed by atoms with Crippen LogP contribution in [-0.4, -0.2) is 48.4 Å².